The molecule has 1 rings (SSSR count). The molecule has 3 N–H and O–H groups in total. The zero-order chi connectivity index (χ0) is 16.8. The van der Waals surface area contributed by atoms with Crippen molar-refractivity contribution < 1.29 is 17.7 Å². The maximum atomic E-state index is 11.7. The first-order chi connectivity index (χ1) is 10.2. The summed E-state index contributed by atoms with van der Waals surface area (Å²) >= 11 is 0. The van der Waals surface area contributed by atoms with Crippen LogP contribution in [0, 0.1) is 13.8 Å². The van der Waals surface area contributed by atoms with Crippen molar-refractivity contribution in [1.29, 1.82) is 0 Å². The first kappa shape index (κ1) is 18.4. The van der Waals surface area contributed by atoms with Crippen molar-refractivity contribution in [2.45, 2.75) is 40.2 Å². The molecular formula is C13H24N4O4S. The number of carbonyl (C=O) groups excluding carboxylic acids is 1. The van der Waals surface area contributed by atoms with E-state index >= 15 is 0 Å². The molecule has 0 spiro atoms. The Balaban J connectivity index is 2.30. The van der Waals surface area contributed by atoms with Gasteiger partial charge in [-0.25, -0.2) is 17.9 Å². The molecule has 0 aliphatic rings. The highest BCUT2D eigenvalue weighted by Gasteiger charge is 2.14. The molecule has 1 aromatic heterocycles. The highest BCUT2D eigenvalue weighted by atomic mass is 32.2. The number of aryl methyl sites for hydroxylation is 2. The molecule has 0 aliphatic carbocycles. The van der Waals surface area contributed by atoms with E-state index in [-0.39, 0.29) is 30.9 Å². The van der Waals surface area contributed by atoms with Crippen LogP contribution in [0.2, 0.25) is 0 Å². The fourth-order valence-electron chi connectivity index (χ4n) is 1.91. The van der Waals surface area contributed by atoms with Crippen LogP contribution in [0.3, 0.4) is 0 Å². The lowest BCUT2D eigenvalue weighted by molar-refractivity contribution is 0.238. The summed E-state index contributed by atoms with van der Waals surface area (Å²) in [5.74, 6) is 0.772. The molecular weight excluding hydrogens is 308 g/mol. The Morgan fingerprint density at radius 3 is 2.55 bits per heavy atom. The lowest BCUT2D eigenvalue weighted by atomic mass is 10.1. The molecule has 2 amide bonds. The van der Waals surface area contributed by atoms with Crippen LogP contribution in [0.1, 0.15) is 30.9 Å². The largest absolute Gasteiger partial charge is 0.361 e. The molecule has 0 bridgehead atoms. The van der Waals surface area contributed by atoms with Crippen LogP contribution in [0.15, 0.2) is 4.52 Å². The Hall–Kier alpha value is -1.61. The van der Waals surface area contributed by atoms with Crippen molar-refractivity contribution in [2.24, 2.45) is 0 Å². The quantitative estimate of drug-likeness (QED) is 0.599. The smallest absolute Gasteiger partial charge is 0.315 e. The second-order valence-electron chi connectivity index (χ2n) is 5.11. The second-order valence-corrected chi connectivity index (χ2v) is 7.20. The van der Waals surface area contributed by atoms with Crippen LogP contribution in [0.25, 0.3) is 0 Å². The summed E-state index contributed by atoms with van der Waals surface area (Å²) in [6.45, 7) is 7.52. The molecule has 126 valence electrons. The second kappa shape index (κ2) is 8.14. The Morgan fingerprint density at radius 2 is 2.00 bits per heavy atom. The number of aromatic nitrogens is 1. The molecule has 1 heterocycles. The predicted octanol–water partition coefficient (Wildman–Crippen LogP) is 0.461. The van der Waals surface area contributed by atoms with Crippen molar-refractivity contribution in [2.75, 3.05) is 18.8 Å². The lowest BCUT2D eigenvalue weighted by Crippen LogP contribution is -2.44. The molecule has 0 saturated carbocycles. The van der Waals surface area contributed by atoms with Crippen molar-refractivity contribution in [3.8, 4) is 0 Å². The summed E-state index contributed by atoms with van der Waals surface area (Å²) in [7, 11) is -3.22. The fourth-order valence-corrected chi connectivity index (χ4v) is 2.53. The van der Waals surface area contributed by atoms with Crippen LogP contribution >= 0.6 is 0 Å². The van der Waals surface area contributed by atoms with E-state index in [2.05, 4.69) is 20.5 Å². The molecule has 8 nitrogen and oxygen atoms in total. The van der Waals surface area contributed by atoms with E-state index in [1.54, 1.807) is 6.92 Å². The summed E-state index contributed by atoms with van der Waals surface area (Å²) in [4.78, 5) is 11.7. The lowest BCUT2D eigenvalue weighted by Gasteiger charge is -2.14. The van der Waals surface area contributed by atoms with Crippen LogP contribution in [-0.2, 0) is 16.4 Å². The number of rotatable bonds is 8. The van der Waals surface area contributed by atoms with Crippen molar-refractivity contribution >= 4 is 16.1 Å². The molecule has 1 atom stereocenters. The zero-order valence-corrected chi connectivity index (χ0v) is 14.2. The maximum absolute atomic E-state index is 11.7. The Morgan fingerprint density at radius 1 is 1.32 bits per heavy atom. The van der Waals surface area contributed by atoms with E-state index in [1.165, 1.54) is 0 Å². The zero-order valence-electron chi connectivity index (χ0n) is 13.4. The Labute approximate surface area is 131 Å². The van der Waals surface area contributed by atoms with Gasteiger partial charge in [0.15, 0.2) is 0 Å². The average Bonchev–Trinajstić information content (AvgIpc) is 2.75. The van der Waals surface area contributed by atoms with E-state index in [9.17, 15) is 13.2 Å². The topological polar surface area (TPSA) is 113 Å². The van der Waals surface area contributed by atoms with Gasteiger partial charge in [0.1, 0.15) is 5.76 Å². The number of hydrogen-bond acceptors (Lipinski definition) is 5. The van der Waals surface area contributed by atoms with Gasteiger partial charge in [0, 0.05) is 24.7 Å². The fraction of sp³-hybridized carbons (Fsp3) is 0.692. The third-order valence-electron chi connectivity index (χ3n) is 3.18. The van der Waals surface area contributed by atoms with Crippen LogP contribution in [0.5, 0.6) is 0 Å². The highest BCUT2D eigenvalue weighted by molar-refractivity contribution is 7.89. The minimum absolute atomic E-state index is 0.0215. The van der Waals surface area contributed by atoms with E-state index in [0.29, 0.717) is 6.42 Å². The SMILES string of the molecule is CCS(=O)(=O)NCCNC(=O)NC(C)Cc1c(C)noc1C. The monoisotopic (exact) mass is 332 g/mol. The van der Waals surface area contributed by atoms with E-state index < -0.39 is 10.0 Å². The van der Waals surface area contributed by atoms with Gasteiger partial charge in [0.05, 0.1) is 11.4 Å². The number of nitrogens with one attached hydrogen (secondary N) is 3. The van der Waals surface area contributed by atoms with Gasteiger partial charge in [-0.3, -0.25) is 0 Å². The third-order valence-corrected chi connectivity index (χ3v) is 4.59. The van der Waals surface area contributed by atoms with Crippen LogP contribution in [-0.4, -0.2) is 44.5 Å². The number of nitrogens with zero attached hydrogens (tertiary/aromatic N) is 1. The predicted molar refractivity (Wildman–Crippen MR) is 83.1 cm³/mol. The number of amides is 2. The molecule has 0 saturated heterocycles. The standard InChI is InChI=1S/C13H24N4O4S/c1-5-22(19,20)15-7-6-14-13(18)16-9(2)8-12-10(3)17-21-11(12)4/h9,15H,5-8H2,1-4H3,(H2,14,16,18). The van der Waals surface area contributed by atoms with Gasteiger partial charge < -0.3 is 15.2 Å². The van der Waals surface area contributed by atoms with Gasteiger partial charge in [-0.05, 0) is 34.1 Å². The van der Waals surface area contributed by atoms with E-state index in [4.69, 9.17) is 4.52 Å². The van der Waals surface area contributed by atoms with Gasteiger partial charge in [-0.15, -0.1) is 0 Å². The molecule has 0 aliphatic heterocycles. The molecule has 1 unspecified atom stereocenters. The van der Waals surface area contributed by atoms with Gasteiger partial charge >= 0.3 is 6.03 Å². The molecule has 0 fully saturated rings. The Bertz CT molecular complexity index is 578. The van der Waals surface area contributed by atoms with Crippen molar-refractivity contribution in [3.63, 3.8) is 0 Å². The normalized spacial score (nSPS) is 12.9. The molecule has 9 heteroatoms. The minimum atomic E-state index is -3.22. The van der Waals surface area contributed by atoms with Crippen molar-refractivity contribution in [3.05, 3.63) is 17.0 Å². The van der Waals surface area contributed by atoms with Crippen molar-refractivity contribution in [1.82, 2.24) is 20.5 Å². The Kier molecular flexibility index (Phi) is 6.82. The summed E-state index contributed by atoms with van der Waals surface area (Å²) < 4.78 is 29.9. The summed E-state index contributed by atoms with van der Waals surface area (Å²) in [6, 6.07) is -0.431. The van der Waals surface area contributed by atoms with Gasteiger partial charge in [-0.2, -0.15) is 0 Å². The van der Waals surface area contributed by atoms with Gasteiger partial charge in [0.2, 0.25) is 10.0 Å². The molecule has 0 aromatic carbocycles. The molecule has 1 aromatic rings. The van der Waals surface area contributed by atoms with Gasteiger partial charge in [0.25, 0.3) is 0 Å². The first-order valence-electron chi connectivity index (χ1n) is 7.18. The maximum Gasteiger partial charge on any atom is 0.315 e. The van der Waals surface area contributed by atoms with Crippen LogP contribution in [0.4, 0.5) is 4.79 Å². The summed E-state index contributed by atoms with van der Waals surface area (Å²) in [6.07, 6.45) is 0.622. The van der Waals surface area contributed by atoms with E-state index in [0.717, 1.165) is 17.0 Å². The third kappa shape index (κ3) is 6.02. The summed E-state index contributed by atoms with van der Waals surface area (Å²) in [5.41, 5.74) is 1.81. The number of hydrogen-bond donors (Lipinski definition) is 3. The number of carbonyl (C=O) groups is 1. The van der Waals surface area contributed by atoms with E-state index in [1.807, 2.05) is 20.8 Å². The highest BCUT2D eigenvalue weighted by Crippen LogP contribution is 2.14. The van der Waals surface area contributed by atoms with Crippen LogP contribution < -0.4 is 15.4 Å². The molecule has 22 heavy (non-hydrogen) atoms. The van der Waals surface area contributed by atoms with Gasteiger partial charge in [-0.1, -0.05) is 5.16 Å². The molecule has 0 radical (unpaired) electrons. The summed E-state index contributed by atoms with van der Waals surface area (Å²) in [5, 5.41) is 9.26. The number of urea groups is 1. The average molecular weight is 332 g/mol. The first-order valence-corrected chi connectivity index (χ1v) is 8.83. The minimum Gasteiger partial charge on any atom is -0.361 e. The number of sulfonamides is 1.